The number of phenols is 1. The molecule has 0 radical (unpaired) electrons. The monoisotopic (exact) mass is 791 g/mol. The number of benzene rings is 4. The number of phenolic OH excluding ortho intramolecular Hbond substituents is 1. The van der Waals surface area contributed by atoms with Gasteiger partial charge >= 0.3 is 0 Å². The van der Waals surface area contributed by atoms with Crippen molar-refractivity contribution in [2.75, 3.05) is 44.9 Å². The Morgan fingerprint density at radius 2 is 1.68 bits per heavy atom. The molecule has 0 spiro atoms. The number of morpholine rings is 1. The van der Waals surface area contributed by atoms with Crippen LogP contribution in [0.2, 0.25) is 5.02 Å². The van der Waals surface area contributed by atoms with Crippen molar-refractivity contribution in [3.63, 3.8) is 0 Å². The maximum absolute atomic E-state index is 15.0. The first-order chi connectivity index (χ1) is 26.8. The minimum Gasteiger partial charge on any atom is -0.508 e. The van der Waals surface area contributed by atoms with Gasteiger partial charge in [0.1, 0.15) is 17.6 Å². The lowest BCUT2D eigenvalue weighted by molar-refractivity contribution is 0.0193. The summed E-state index contributed by atoms with van der Waals surface area (Å²) in [5.41, 5.74) is 7.01. The highest BCUT2D eigenvalue weighted by Gasteiger charge is 2.35. The number of nitriles is 1. The molecule has 288 valence electrons. The number of hydrogen-bond acceptors (Lipinski definition) is 7. The summed E-state index contributed by atoms with van der Waals surface area (Å²) in [6.45, 7) is 4.94. The number of hydrogen-bond donors (Lipinski definition) is 1. The number of anilines is 2. The Bertz CT molecular complexity index is 2300. The lowest BCUT2D eigenvalue weighted by atomic mass is 9.92. The van der Waals surface area contributed by atoms with Crippen LogP contribution in [0, 0.1) is 11.3 Å². The summed E-state index contributed by atoms with van der Waals surface area (Å²) in [6.07, 6.45) is 3.25. The standard InChI is InChI=1S/C44H42ClN5O5.ClH/c1-54-42-16-12-34(23-31(42)26-46)50(33-10-13-36(51)14-11-33)44(53)39-25-41(48-17-5-4-8-40(39)48)38-24-32(45)9-15-37(38)43(52)49-27-30-7-3-2-6-29(30)22-35(49)28-47-18-20-55-21-19-47;/h2-3,6-7,9-16,23-25,35,51H,4-5,8,17-22,27-28H2,1H3;1H/t35-;/m0./s1. The Labute approximate surface area is 337 Å². The number of ether oxygens (including phenoxy) is 2. The SMILES string of the molecule is COc1ccc(N(C(=O)c2cc(-c3cc(Cl)ccc3C(=O)N3Cc4ccccc4C[C@H]3CN3CCOCC3)n3c2CCCC3)c2ccc(O)cc2)cc1C#N.Cl. The minimum absolute atomic E-state index is 0. The highest BCUT2D eigenvalue weighted by Crippen LogP contribution is 2.39. The minimum atomic E-state index is -0.301. The predicted molar refractivity (Wildman–Crippen MR) is 218 cm³/mol. The van der Waals surface area contributed by atoms with E-state index in [-0.39, 0.29) is 41.6 Å². The van der Waals surface area contributed by atoms with Gasteiger partial charge in [-0.05, 0) is 104 Å². The summed E-state index contributed by atoms with van der Waals surface area (Å²) >= 11 is 6.73. The first kappa shape index (κ1) is 38.9. The van der Waals surface area contributed by atoms with Gasteiger partial charge < -0.3 is 24.0 Å². The van der Waals surface area contributed by atoms with Gasteiger partial charge in [-0.2, -0.15) is 5.26 Å². The smallest absolute Gasteiger partial charge is 0.264 e. The van der Waals surface area contributed by atoms with E-state index in [1.54, 1.807) is 41.3 Å². The zero-order valence-electron chi connectivity index (χ0n) is 31.1. The average Bonchev–Trinajstić information content (AvgIpc) is 3.61. The molecule has 1 atom stereocenters. The van der Waals surface area contributed by atoms with Crippen LogP contribution in [0.1, 0.15) is 55.9 Å². The lowest BCUT2D eigenvalue weighted by Crippen LogP contribution is -2.52. The Hall–Kier alpha value is -5.31. The molecule has 1 aromatic heterocycles. The van der Waals surface area contributed by atoms with Crippen LogP contribution in [0.25, 0.3) is 11.3 Å². The van der Waals surface area contributed by atoms with E-state index in [0.29, 0.717) is 71.6 Å². The summed E-state index contributed by atoms with van der Waals surface area (Å²) < 4.78 is 13.2. The molecule has 1 saturated heterocycles. The molecule has 0 saturated carbocycles. The number of rotatable bonds is 8. The van der Waals surface area contributed by atoms with Gasteiger partial charge in [-0.1, -0.05) is 35.9 Å². The highest BCUT2D eigenvalue weighted by atomic mass is 35.5. The summed E-state index contributed by atoms with van der Waals surface area (Å²) in [7, 11) is 1.50. The molecule has 12 heteroatoms. The summed E-state index contributed by atoms with van der Waals surface area (Å²) in [6, 6.07) is 29.3. The van der Waals surface area contributed by atoms with Crippen LogP contribution in [0.15, 0.2) is 91.0 Å². The van der Waals surface area contributed by atoms with Crippen molar-refractivity contribution >= 4 is 47.2 Å². The molecule has 8 rings (SSSR count). The van der Waals surface area contributed by atoms with E-state index < -0.39 is 0 Å². The van der Waals surface area contributed by atoms with E-state index in [2.05, 4.69) is 33.7 Å². The molecule has 5 aromatic rings. The number of aromatic nitrogens is 1. The third-order valence-corrected chi connectivity index (χ3v) is 11.3. The van der Waals surface area contributed by atoms with Crippen molar-refractivity contribution in [2.24, 2.45) is 0 Å². The molecule has 3 aliphatic rings. The second-order valence-electron chi connectivity index (χ2n) is 14.3. The summed E-state index contributed by atoms with van der Waals surface area (Å²) in [5, 5.41) is 20.5. The Balaban J connectivity index is 0.00000480. The number of aromatic hydroxyl groups is 1. The zero-order valence-corrected chi connectivity index (χ0v) is 32.7. The molecule has 4 aromatic carbocycles. The van der Waals surface area contributed by atoms with E-state index in [4.69, 9.17) is 21.1 Å². The van der Waals surface area contributed by atoms with Crippen molar-refractivity contribution in [1.29, 1.82) is 5.26 Å². The van der Waals surface area contributed by atoms with Crippen LogP contribution < -0.4 is 9.64 Å². The van der Waals surface area contributed by atoms with Crippen molar-refractivity contribution in [3.8, 4) is 28.8 Å². The van der Waals surface area contributed by atoms with Gasteiger partial charge in [0.15, 0.2) is 0 Å². The van der Waals surface area contributed by atoms with E-state index in [0.717, 1.165) is 55.8 Å². The molecule has 4 heterocycles. The second kappa shape index (κ2) is 16.8. The van der Waals surface area contributed by atoms with Gasteiger partial charge in [0.05, 0.1) is 37.1 Å². The van der Waals surface area contributed by atoms with E-state index in [1.807, 2.05) is 29.2 Å². The van der Waals surface area contributed by atoms with Crippen LogP contribution in [0.5, 0.6) is 11.5 Å². The van der Waals surface area contributed by atoms with Crippen molar-refractivity contribution < 1.29 is 24.2 Å². The van der Waals surface area contributed by atoms with Gasteiger partial charge in [0.25, 0.3) is 11.8 Å². The Morgan fingerprint density at radius 3 is 2.43 bits per heavy atom. The number of fused-ring (bicyclic) bond motifs is 2. The van der Waals surface area contributed by atoms with Crippen molar-refractivity contribution in [1.82, 2.24) is 14.4 Å². The number of amides is 2. The molecular formula is C44H43Cl2N5O5. The molecule has 1 N–H and O–H groups in total. The Morgan fingerprint density at radius 1 is 0.929 bits per heavy atom. The van der Waals surface area contributed by atoms with Gasteiger partial charge in [0.2, 0.25) is 0 Å². The van der Waals surface area contributed by atoms with Gasteiger partial charge in [-0.3, -0.25) is 19.4 Å². The number of nitrogens with zero attached hydrogens (tertiary/aromatic N) is 5. The molecule has 2 amide bonds. The fourth-order valence-corrected chi connectivity index (χ4v) is 8.42. The van der Waals surface area contributed by atoms with Crippen molar-refractivity contribution in [3.05, 3.63) is 130 Å². The zero-order chi connectivity index (χ0) is 38.1. The maximum atomic E-state index is 15.0. The highest BCUT2D eigenvalue weighted by molar-refractivity contribution is 6.31. The molecule has 3 aliphatic heterocycles. The first-order valence-electron chi connectivity index (χ1n) is 18.7. The van der Waals surface area contributed by atoms with Crippen LogP contribution in [-0.4, -0.2) is 77.3 Å². The van der Waals surface area contributed by atoms with E-state index in [1.165, 1.54) is 24.8 Å². The summed E-state index contributed by atoms with van der Waals surface area (Å²) in [4.78, 5) is 35.9. The molecule has 1 fully saturated rings. The molecular weight excluding hydrogens is 749 g/mol. The maximum Gasteiger partial charge on any atom is 0.264 e. The number of carbonyl (C=O) groups excluding carboxylic acids is 2. The quantitative estimate of drug-likeness (QED) is 0.170. The normalized spacial score (nSPS) is 16.5. The molecule has 0 bridgehead atoms. The fourth-order valence-electron chi connectivity index (χ4n) is 8.25. The first-order valence-corrected chi connectivity index (χ1v) is 19.1. The van der Waals surface area contributed by atoms with Crippen LogP contribution in [-0.2, 0) is 30.7 Å². The van der Waals surface area contributed by atoms with Gasteiger partial charge in [-0.25, -0.2) is 0 Å². The summed E-state index contributed by atoms with van der Waals surface area (Å²) in [5.74, 6) is 0.0847. The van der Waals surface area contributed by atoms with Crippen LogP contribution in [0.3, 0.4) is 0 Å². The third-order valence-electron chi connectivity index (χ3n) is 11.0. The number of halogens is 2. The van der Waals surface area contributed by atoms with Crippen LogP contribution in [0.4, 0.5) is 11.4 Å². The topological polar surface area (TPSA) is 111 Å². The van der Waals surface area contributed by atoms with E-state index in [9.17, 15) is 15.2 Å². The molecule has 56 heavy (non-hydrogen) atoms. The largest absolute Gasteiger partial charge is 0.508 e. The molecule has 0 aliphatic carbocycles. The number of carbonyl (C=O) groups is 2. The number of methoxy groups -OCH3 is 1. The van der Waals surface area contributed by atoms with Crippen LogP contribution >= 0.6 is 24.0 Å². The van der Waals surface area contributed by atoms with Gasteiger partial charge in [0, 0.05) is 72.0 Å². The lowest BCUT2D eigenvalue weighted by Gasteiger charge is -2.40. The van der Waals surface area contributed by atoms with Gasteiger partial charge in [-0.15, -0.1) is 12.4 Å². The average molecular weight is 793 g/mol. The van der Waals surface area contributed by atoms with E-state index >= 15 is 4.79 Å². The fraction of sp³-hybridized carbons (Fsp3) is 0.295. The Kier molecular flexibility index (Phi) is 11.7. The predicted octanol–water partition coefficient (Wildman–Crippen LogP) is 8.03. The second-order valence-corrected chi connectivity index (χ2v) is 14.8. The third kappa shape index (κ3) is 7.60. The van der Waals surface area contributed by atoms with Crippen molar-refractivity contribution in [2.45, 2.75) is 44.8 Å². The molecule has 10 nitrogen and oxygen atoms in total. The molecule has 0 unspecified atom stereocenters.